The van der Waals surface area contributed by atoms with Crippen LogP contribution in [0.5, 0.6) is 0 Å². The molecule has 2 N–H and O–H groups in total. The summed E-state index contributed by atoms with van der Waals surface area (Å²) in [4.78, 5) is 0. The van der Waals surface area contributed by atoms with Gasteiger partial charge in [-0.3, -0.25) is 0 Å². The Hall–Kier alpha value is -0.120. The molecule has 94 valence electrons. The highest BCUT2D eigenvalue weighted by atomic mass is 16.5. The molecule has 0 bridgehead atoms. The van der Waals surface area contributed by atoms with Gasteiger partial charge in [0.2, 0.25) is 0 Å². The van der Waals surface area contributed by atoms with Gasteiger partial charge in [0, 0.05) is 25.2 Å². The smallest absolute Gasteiger partial charge is 0.0604 e. The quantitative estimate of drug-likeness (QED) is 0.746. The predicted octanol–water partition coefficient (Wildman–Crippen LogP) is 1.53. The van der Waals surface area contributed by atoms with Crippen LogP contribution in [0.15, 0.2) is 0 Å². The Morgan fingerprint density at radius 1 is 1.31 bits per heavy atom. The van der Waals surface area contributed by atoms with Gasteiger partial charge in [-0.2, -0.15) is 0 Å². The van der Waals surface area contributed by atoms with Crippen molar-refractivity contribution in [1.82, 2.24) is 10.6 Å². The van der Waals surface area contributed by atoms with Gasteiger partial charge < -0.3 is 15.4 Å². The van der Waals surface area contributed by atoms with Crippen LogP contribution in [-0.2, 0) is 4.74 Å². The van der Waals surface area contributed by atoms with E-state index in [1.54, 1.807) is 0 Å². The average molecular weight is 226 g/mol. The molecular weight excluding hydrogens is 200 g/mol. The van der Waals surface area contributed by atoms with Gasteiger partial charge in [0.25, 0.3) is 0 Å². The van der Waals surface area contributed by atoms with Crippen LogP contribution in [0.1, 0.15) is 39.5 Å². The third kappa shape index (κ3) is 3.44. The van der Waals surface area contributed by atoms with E-state index in [0.717, 1.165) is 19.1 Å². The SMILES string of the molecule is CCOC1CC(NCC2CC(C)CCN2)C1. The van der Waals surface area contributed by atoms with E-state index >= 15 is 0 Å². The van der Waals surface area contributed by atoms with E-state index in [4.69, 9.17) is 4.74 Å². The number of rotatable bonds is 5. The summed E-state index contributed by atoms with van der Waals surface area (Å²) in [7, 11) is 0. The Labute approximate surface area is 99.3 Å². The van der Waals surface area contributed by atoms with Crippen molar-refractivity contribution in [2.45, 2.75) is 57.7 Å². The zero-order chi connectivity index (χ0) is 11.4. The Bertz CT molecular complexity index is 204. The van der Waals surface area contributed by atoms with Crippen molar-refractivity contribution in [2.24, 2.45) is 5.92 Å². The van der Waals surface area contributed by atoms with E-state index in [1.807, 2.05) is 0 Å². The zero-order valence-corrected chi connectivity index (χ0v) is 10.7. The first-order chi connectivity index (χ1) is 7.78. The molecule has 3 heteroatoms. The van der Waals surface area contributed by atoms with Crippen molar-refractivity contribution in [3.8, 4) is 0 Å². The highest BCUT2D eigenvalue weighted by Gasteiger charge is 2.29. The van der Waals surface area contributed by atoms with Crippen molar-refractivity contribution in [3.05, 3.63) is 0 Å². The number of hydrogen-bond acceptors (Lipinski definition) is 3. The molecule has 1 saturated carbocycles. The fourth-order valence-electron chi connectivity index (χ4n) is 2.79. The van der Waals surface area contributed by atoms with Gasteiger partial charge in [-0.05, 0) is 45.1 Å². The van der Waals surface area contributed by atoms with Crippen LogP contribution in [0.25, 0.3) is 0 Å². The van der Waals surface area contributed by atoms with E-state index in [0.29, 0.717) is 18.2 Å². The first-order valence-corrected chi connectivity index (χ1v) is 6.86. The minimum absolute atomic E-state index is 0.528. The van der Waals surface area contributed by atoms with Crippen LogP contribution in [0, 0.1) is 5.92 Å². The molecule has 0 aromatic rings. The Morgan fingerprint density at radius 2 is 2.12 bits per heavy atom. The third-order valence-corrected chi connectivity index (χ3v) is 3.91. The Balaban J connectivity index is 1.55. The summed E-state index contributed by atoms with van der Waals surface area (Å²) in [6, 6.07) is 1.39. The predicted molar refractivity (Wildman–Crippen MR) is 66.6 cm³/mol. The lowest BCUT2D eigenvalue weighted by atomic mass is 9.88. The molecule has 2 fully saturated rings. The van der Waals surface area contributed by atoms with Crippen LogP contribution in [0.2, 0.25) is 0 Å². The van der Waals surface area contributed by atoms with Gasteiger partial charge in [-0.25, -0.2) is 0 Å². The molecule has 1 heterocycles. The first-order valence-electron chi connectivity index (χ1n) is 6.86. The minimum atomic E-state index is 0.528. The topological polar surface area (TPSA) is 33.3 Å². The van der Waals surface area contributed by atoms with Crippen LogP contribution in [-0.4, -0.2) is 37.9 Å². The largest absolute Gasteiger partial charge is 0.378 e. The minimum Gasteiger partial charge on any atom is -0.378 e. The fraction of sp³-hybridized carbons (Fsp3) is 1.00. The molecule has 0 radical (unpaired) electrons. The third-order valence-electron chi connectivity index (χ3n) is 3.91. The molecule has 0 amide bonds. The van der Waals surface area contributed by atoms with E-state index in [2.05, 4.69) is 24.5 Å². The van der Waals surface area contributed by atoms with Gasteiger partial charge in [0.15, 0.2) is 0 Å². The number of hydrogen-bond donors (Lipinski definition) is 2. The summed E-state index contributed by atoms with van der Waals surface area (Å²) >= 11 is 0. The van der Waals surface area contributed by atoms with E-state index in [-0.39, 0.29) is 0 Å². The van der Waals surface area contributed by atoms with Crippen molar-refractivity contribution < 1.29 is 4.74 Å². The summed E-state index contributed by atoms with van der Waals surface area (Å²) in [5.74, 6) is 0.894. The molecule has 2 atom stereocenters. The van der Waals surface area contributed by atoms with Crippen molar-refractivity contribution >= 4 is 0 Å². The number of ether oxygens (including phenoxy) is 1. The lowest BCUT2D eigenvalue weighted by Gasteiger charge is -2.37. The molecule has 0 spiro atoms. The van der Waals surface area contributed by atoms with E-state index in [1.165, 1.54) is 32.2 Å². The lowest BCUT2D eigenvalue weighted by Crippen LogP contribution is -2.51. The maximum Gasteiger partial charge on any atom is 0.0604 e. The van der Waals surface area contributed by atoms with Crippen molar-refractivity contribution in [1.29, 1.82) is 0 Å². The van der Waals surface area contributed by atoms with Crippen LogP contribution >= 0.6 is 0 Å². The fourth-order valence-corrected chi connectivity index (χ4v) is 2.79. The van der Waals surface area contributed by atoms with Crippen LogP contribution < -0.4 is 10.6 Å². The summed E-state index contributed by atoms with van der Waals surface area (Å²) < 4.78 is 5.56. The molecule has 0 aromatic heterocycles. The number of nitrogens with one attached hydrogen (secondary N) is 2. The maximum absolute atomic E-state index is 5.56. The second kappa shape index (κ2) is 5.99. The monoisotopic (exact) mass is 226 g/mol. The Kier molecular flexibility index (Phi) is 4.62. The first kappa shape index (κ1) is 12.3. The van der Waals surface area contributed by atoms with Crippen molar-refractivity contribution in [3.63, 3.8) is 0 Å². The van der Waals surface area contributed by atoms with Gasteiger partial charge in [-0.1, -0.05) is 6.92 Å². The molecule has 2 rings (SSSR count). The molecule has 3 nitrogen and oxygen atoms in total. The van der Waals surface area contributed by atoms with Gasteiger partial charge >= 0.3 is 0 Å². The second-order valence-corrected chi connectivity index (χ2v) is 5.43. The maximum atomic E-state index is 5.56. The van der Waals surface area contributed by atoms with Crippen LogP contribution in [0.4, 0.5) is 0 Å². The molecule has 0 aromatic carbocycles. The van der Waals surface area contributed by atoms with Crippen molar-refractivity contribution in [2.75, 3.05) is 19.7 Å². The molecule has 16 heavy (non-hydrogen) atoms. The summed E-state index contributed by atoms with van der Waals surface area (Å²) in [5, 5.41) is 7.25. The standard InChI is InChI=1S/C13H26N2O/c1-3-16-13-7-11(8-13)15-9-12-6-10(2)4-5-14-12/h10-15H,3-9H2,1-2H3. The molecule has 2 aliphatic rings. The van der Waals surface area contributed by atoms with Gasteiger partial charge in [-0.15, -0.1) is 0 Å². The summed E-state index contributed by atoms with van der Waals surface area (Å²) in [6.07, 6.45) is 5.61. The highest BCUT2D eigenvalue weighted by Crippen LogP contribution is 2.23. The molecule has 2 unspecified atom stereocenters. The van der Waals surface area contributed by atoms with E-state index in [9.17, 15) is 0 Å². The zero-order valence-electron chi connectivity index (χ0n) is 10.7. The molecule has 1 aliphatic carbocycles. The second-order valence-electron chi connectivity index (χ2n) is 5.43. The normalized spacial score (nSPS) is 39.4. The summed E-state index contributed by atoms with van der Waals surface area (Å²) in [5.41, 5.74) is 0. The Morgan fingerprint density at radius 3 is 2.81 bits per heavy atom. The van der Waals surface area contributed by atoms with Gasteiger partial charge in [0.1, 0.15) is 0 Å². The van der Waals surface area contributed by atoms with E-state index < -0.39 is 0 Å². The average Bonchev–Trinajstić information content (AvgIpc) is 2.21. The summed E-state index contributed by atoms with van der Waals surface area (Å²) in [6.45, 7) is 7.63. The van der Waals surface area contributed by atoms with Crippen LogP contribution in [0.3, 0.4) is 0 Å². The highest BCUT2D eigenvalue weighted by molar-refractivity contribution is 4.88. The molecule has 1 aliphatic heterocycles. The van der Waals surface area contributed by atoms with Gasteiger partial charge in [0.05, 0.1) is 6.10 Å². The molecular formula is C13H26N2O. The molecule has 1 saturated heterocycles. The number of piperidine rings is 1. The lowest BCUT2D eigenvalue weighted by molar-refractivity contribution is -0.0104.